The number of fused-ring (bicyclic) bond motifs is 1. The molecule has 1 aliphatic rings. The molecule has 1 aliphatic heterocycles. The van der Waals surface area contributed by atoms with Crippen LogP contribution in [0.15, 0.2) is 70.5 Å². The van der Waals surface area contributed by atoms with Crippen LogP contribution in [-0.2, 0) is 32.5 Å². The quantitative estimate of drug-likeness (QED) is 0.462. The first-order valence-corrected chi connectivity index (χ1v) is 14.2. The second kappa shape index (κ2) is 9.45. The summed E-state index contributed by atoms with van der Waals surface area (Å²) in [5, 5.41) is 2.23. The van der Waals surface area contributed by atoms with Crippen molar-refractivity contribution in [2.45, 2.75) is 28.8 Å². The Morgan fingerprint density at radius 2 is 1.59 bits per heavy atom. The lowest BCUT2D eigenvalue weighted by Crippen LogP contribution is -2.35. The Morgan fingerprint density at radius 1 is 0.946 bits per heavy atom. The highest BCUT2D eigenvalue weighted by Gasteiger charge is 2.37. The Labute approximate surface area is 210 Å². The maximum absolute atomic E-state index is 14.2. The van der Waals surface area contributed by atoms with Gasteiger partial charge in [-0.05, 0) is 66.9 Å². The van der Waals surface area contributed by atoms with Crippen LogP contribution in [0.3, 0.4) is 0 Å². The predicted molar refractivity (Wildman–Crippen MR) is 128 cm³/mol. The van der Waals surface area contributed by atoms with Gasteiger partial charge in [0.1, 0.15) is 5.82 Å². The van der Waals surface area contributed by atoms with Crippen molar-refractivity contribution < 1.29 is 39.2 Å². The molecule has 13 heteroatoms. The average molecular weight is 557 g/mol. The van der Waals surface area contributed by atoms with Crippen molar-refractivity contribution in [3.8, 4) is 0 Å². The van der Waals surface area contributed by atoms with Gasteiger partial charge in [-0.15, -0.1) is 0 Å². The van der Waals surface area contributed by atoms with Gasteiger partial charge in [-0.2, -0.15) is 13.2 Å². The summed E-state index contributed by atoms with van der Waals surface area (Å²) in [5.74, 6) is -2.70. The summed E-state index contributed by atoms with van der Waals surface area (Å²) in [4.78, 5) is 12.4. The Bertz CT molecular complexity index is 1590. The number of nitrogens with zero attached hydrogens (tertiary/aromatic N) is 1. The zero-order valence-corrected chi connectivity index (χ0v) is 20.8. The van der Waals surface area contributed by atoms with Crippen molar-refractivity contribution in [3.05, 3.63) is 83.2 Å². The number of hydrogen-bond donors (Lipinski definition) is 1. The molecule has 4 rings (SSSR count). The van der Waals surface area contributed by atoms with E-state index in [2.05, 4.69) is 5.32 Å². The van der Waals surface area contributed by atoms with Gasteiger partial charge in [0, 0.05) is 18.5 Å². The molecule has 3 aromatic carbocycles. The number of carbonyl (C=O) groups excluding carboxylic acids is 1. The van der Waals surface area contributed by atoms with Crippen LogP contribution in [0.2, 0.25) is 0 Å². The maximum atomic E-state index is 14.2. The highest BCUT2D eigenvalue weighted by molar-refractivity contribution is 7.93. The summed E-state index contributed by atoms with van der Waals surface area (Å²) < 4.78 is 105. The van der Waals surface area contributed by atoms with Gasteiger partial charge in [0.05, 0.1) is 26.6 Å². The second-order valence-corrected chi connectivity index (χ2v) is 12.3. The lowest BCUT2D eigenvalue weighted by Gasteiger charge is -2.31. The molecule has 0 saturated carbocycles. The van der Waals surface area contributed by atoms with Crippen molar-refractivity contribution in [2.24, 2.45) is 0 Å². The van der Waals surface area contributed by atoms with Crippen molar-refractivity contribution in [1.82, 2.24) is 0 Å². The molecule has 1 amide bonds. The molecule has 1 N–H and O–H groups in total. The van der Waals surface area contributed by atoms with Crippen LogP contribution < -0.4 is 9.62 Å². The lowest BCUT2D eigenvalue weighted by molar-refractivity contribution is -0.138. The van der Waals surface area contributed by atoms with Crippen LogP contribution in [0.5, 0.6) is 0 Å². The summed E-state index contributed by atoms with van der Waals surface area (Å²) in [7, 11) is -7.69. The molecule has 0 unspecified atom stereocenters. The topological polar surface area (TPSA) is 101 Å². The molecule has 3 aromatic rings. The van der Waals surface area contributed by atoms with Gasteiger partial charge in [0.2, 0.25) is 0 Å². The number of nitrogens with one attached hydrogen (secondary N) is 1. The standard InChI is InChI=1S/C24H20F4N2O5S2/c1-36(32,33)17-9-11-18(12-10-17)37(34,35)30-13-3-4-15-7-8-16(14-21(15)30)29-23(31)22-19(24(26,27)28)5-2-6-20(22)25/h2,5-12,14H,3-4,13H2,1H3,(H,29,31). The van der Waals surface area contributed by atoms with Crippen LogP contribution >= 0.6 is 0 Å². The lowest BCUT2D eigenvalue weighted by atomic mass is 10.0. The van der Waals surface area contributed by atoms with E-state index in [4.69, 9.17) is 0 Å². The molecule has 0 radical (unpaired) electrons. The third-order valence-electron chi connectivity index (χ3n) is 5.81. The Hall–Kier alpha value is -3.45. The third-order valence-corrected chi connectivity index (χ3v) is 8.76. The number of rotatable bonds is 5. The molecule has 0 spiro atoms. The highest BCUT2D eigenvalue weighted by Crippen LogP contribution is 2.36. The van der Waals surface area contributed by atoms with Gasteiger partial charge < -0.3 is 5.32 Å². The van der Waals surface area contributed by atoms with E-state index in [0.29, 0.717) is 24.5 Å². The number of anilines is 2. The van der Waals surface area contributed by atoms with Gasteiger partial charge in [0.15, 0.2) is 9.84 Å². The Morgan fingerprint density at radius 3 is 2.22 bits per heavy atom. The summed E-state index contributed by atoms with van der Waals surface area (Å²) >= 11 is 0. The summed E-state index contributed by atoms with van der Waals surface area (Å²) in [5.41, 5.74) is -1.84. The van der Waals surface area contributed by atoms with Crippen LogP contribution in [0.4, 0.5) is 28.9 Å². The fourth-order valence-corrected chi connectivity index (χ4v) is 6.20. The molecule has 196 valence electrons. The molecule has 1 heterocycles. The van der Waals surface area contributed by atoms with Crippen LogP contribution in [0.25, 0.3) is 0 Å². The number of carbonyl (C=O) groups is 1. The van der Waals surface area contributed by atoms with E-state index in [1.165, 1.54) is 42.5 Å². The van der Waals surface area contributed by atoms with Crippen molar-refractivity contribution in [1.29, 1.82) is 0 Å². The van der Waals surface area contributed by atoms with Crippen molar-refractivity contribution in [3.63, 3.8) is 0 Å². The van der Waals surface area contributed by atoms with Gasteiger partial charge in [-0.25, -0.2) is 21.2 Å². The number of amides is 1. The van der Waals surface area contributed by atoms with E-state index >= 15 is 0 Å². The average Bonchev–Trinajstić information content (AvgIpc) is 2.82. The molecular formula is C24H20F4N2O5S2. The van der Waals surface area contributed by atoms with E-state index in [9.17, 15) is 39.2 Å². The predicted octanol–water partition coefficient (Wildman–Crippen LogP) is 4.64. The van der Waals surface area contributed by atoms with Gasteiger partial charge in [-0.3, -0.25) is 9.10 Å². The number of sulfonamides is 1. The normalized spacial score (nSPS) is 14.2. The minimum absolute atomic E-state index is 0.0327. The fraction of sp³-hybridized carbons (Fsp3) is 0.208. The fourth-order valence-electron chi connectivity index (χ4n) is 4.04. The number of sulfone groups is 1. The molecular weight excluding hydrogens is 536 g/mol. The molecule has 0 saturated heterocycles. The minimum atomic E-state index is -4.97. The molecule has 0 fully saturated rings. The van der Waals surface area contributed by atoms with Gasteiger partial charge in [0.25, 0.3) is 15.9 Å². The number of hydrogen-bond acceptors (Lipinski definition) is 5. The molecule has 7 nitrogen and oxygen atoms in total. The summed E-state index contributed by atoms with van der Waals surface area (Å²) in [6.45, 7) is 0.0755. The first-order valence-electron chi connectivity index (χ1n) is 10.8. The maximum Gasteiger partial charge on any atom is 0.417 e. The van der Waals surface area contributed by atoms with Gasteiger partial charge >= 0.3 is 6.18 Å². The van der Waals surface area contributed by atoms with Crippen LogP contribution in [-0.4, -0.2) is 35.5 Å². The minimum Gasteiger partial charge on any atom is -0.322 e. The van der Waals surface area contributed by atoms with E-state index in [1.54, 1.807) is 0 Å². The largest absolute Gasteiger partial charge is 0.417 e. The molecule has 0 aliphatic carbocycles. The zero-order valence-electron chi connectivity index (χ0n) is 19.2. The Kier molecular flexibility index (Phi) is 6.80. The first kappa shape index (κ1) is 26.6. The number of benzene rings is 3. The second-order valence-electron chi connectivity index (χ2n) is 8.38. The zero-order chi connectivity index (χ0) is 27.2. The molecule has 37 heavy (non-hydrogen) atoms. The number of halogens is 4. The summed E-state index contributed by atoms with van der Waals surface area (Å²) in [6.07, 6.45) is -2.99. The van der Waals surface area contributed by atoms with Crippen LogP contribution in [0.1, 0.15) is 27.9 Å². The Balaban J connectivity index is 1.69. The molecule has 0 atom stereocenters. The first-order chi connectivity index (χ1) is 17.2. The van der Waals surface area contributed by atoms with Crippen molar-refractivity contribution >= 4 is 37.1 Å². The van der Waals surface area contributed by atoms with E-state index < -0.39 is 48.9 Å². The monoisotopic (exact) mass is 556 g/mol. The van der Waals surface area contributed by atoms with E-state index in [-0.39, 0.29) is 27.7 Å². The highest BCUT2D eigenvalue weighted by atomic mass is 32.2. The van der Waals surface area contributed by atoms with Crippen LogP contribution in [0, 0.1) is 5.82 Å². The third kappa shape index (κ3) is 5.32. The van der Waals surface area contributed by atoms with Crippen molar-refractivity contribution in [2.75, 3.05) is 22.4 Å². The SMILES string of the molecule is CS(=O)(=O)c1ccc(S(=O)(=O)N2CCCc3ccc(NC(=O)c4c(F)cccc4C(F)(F)F)cc32)cc1. The molecule has 0 aromatic heterocycles. The smallest absolute Gasteiger partial charge is 0.322 e. The van der Waals surface area contributed by atoms with E-state index in [0.717, 1.165) is 22.7 Å². The molecule has 0 bridgehead atoms. The van der Waals surface area contributed by atoms with E-state index in [1.807, 2.05) is 0 Å². The summed E-state index contributed by atoms with van der Waals surface area (Å²) in [6, 6.07) is 11.1. The number of alkyl halides is 3. The number of aryl methyl sites for hydroxylation is 1. The van der Waals surface area contributed by atoms with Gasteiger partial charge in [-0.1, -0.05) is 12.1 Å².